The molecule has 0 spiro atoms. The van der Waals surface area contributed by atoms with Crippen LogP contribution >= 0.6 is 0 Å². The van der Waals surface area contributed by atoms with E-state index in [2.05, 4.69) is 158 Å². The number of hydrogen-bond acceptors (Lipinski definition) is 0. The van der Waals surface area contributed by atoms with Gasteiger partial charge in [-0.05, 0) is 84.6 Å². The lowest BCUT2D eigenvalue weighted by Gasteiger charge is -2.13. The van der Waals surface area contributed by atoms with E-state index in [0.717, 1.165) is 6.42 Å². The van der Waals surface area contributed by atoms with Crippen molar-refractivity contribution in [2.24, 2.45) is 0 Å². The molecule has 0 heterocycles. The van der Waals surface area contributed by atoms with Gasteiger partial charge in [-0.3, -0.25) is 0 Å². The first-order valence-corrected chi connectivity index (χ1v) is 13.6. The molecule has 0 aliphatic heterocycles. The quantitative estimate of drug-likeness (QED) is 0.222. The molecule has 7 rings (SSSR count). The summed E-state index contributed by atoms with van der Waals surface area (Å²) < 4.78 is 0. The zero-order chi connectivity index (χ0) is 26.0. The van der Waals surface area contributed by atoms with Crippen molar-refractivity contribution in [1.82, 2.24) is 0 Å². The predicted octanol–water partition coefficient (Wildman–Crippen LogP) is 10.6. The predicted molar refractivity (Wildman–Crippen MR) is 167 cm³/mol. The van der Waals surface area contributed by atoms with Crippen LogP contribution in [0.15, 0.2) is 158 Å². The highest BCUT2D eigenvalue weighted by Crippen LogP contribution is 2.36. The molecule has 0 radical (unpaired) electrons. The van der Waals surface area contributed by atoms with Gasteiger partial charge in [-0.2, -0.15) is 0 Å². The van der Waals surface area contributed by atoms with Crippen LogP contribution in [0.5, 0.6) is 0 Å². The number of fused-ring (bicyclic) bond motifs is 2. The van der Waals surface area contributed by atoms with E-state index in [0.29, 0.717) is 0 Å². The Morgan fingerprint density at radius 1 is 0.308 bits per heavy atom. The molecule has 39 heavy (non-hydrogen) atoms. The molecule has 0 nitrogen and oxygen atoms in total. The minimum atomic E-state index is 0.916. The molecule has 0 saturated heterocycles. The van der Waals surface area contributed by atoms with Gasteiger partial charge in [0.1, 0.15) is 0 Å². The maximum absolute atomic E-state index is 2.33. The Balaban J connectivity index is 1.18. The lowest BCUT2D eigenvalue weighted by Crippen LogP contribution is -1.90. The fraction of sp³-hybridized carbons (Fsp3) is 0.0256. The van der Waals surface area contributed by atoms with Crippen molar-refractivity contribution in [3.05, 3.63) is 169 Å². The number of hydrogen-bond donors (Lipinski definition) is 0. The maximum Gasteiger partial charge on any atom is -0.00258 e. The van der Waals surface area contributed by atoms with Crippen LogP contribution in [0.3, 0.4) is 0 Å². The molecule has 184 valence electrons. The van der Waals surface area contributed by atoms with E-state index in [1.54, 1.807) is 0 Å². The van der Waals surface area contributed by atoms with Crippen LogP contribution in [0.2, 0.25) is 0 Å². The largest absolute Gasteiger partial charge is 0.0622 e. The van der Waals surface area contributed by atoms with Crippen molar-refractivity contribution in [1.29, 1.82) is 0 Å². The van der Waals surface area contributed by atoms with Gasteiger partial charge < -0.3 is 0 Å². The smallest absolute Gasteiger partial charge is 0.00258 e. The van der Waals surface area contributed by atoms with Crippen molar-refractivity contribution in [2.75, 3.05) is 0 Å². The van der Waals surface area contributed by atoms with Crippen molar-refractivity contribution in [3.8, 4) is 33.4 Å². The van der Waals surface area contributed by atoms with Gasteiger partial charge in [0.25, 0.3) is 0 Å². The van der Waals surface area contributed by atoms with Crippen LogP contribution in [0.1, 0.15) is 11.1 Å². The van der Waals surface area contributed by atoms with Gasteiger partial charge in [0.15, 0.2) is 0 Å². The Morgan fingerprint density at radius 3 is 1.38 bits per heavy atom. The van der Waals surface area contributed by atoms with Crippen LogP contribution in [0, 0.1) is 0 Å². The van der Waals surface area contributed by atoms with E-state index in [9.17, 15) is 0 Å². The molecule has 0 atom stereocenters. The summed E-state index contributed by atoms with van der Waals surface area (Å²) in [5, 5.41) is 5.11. The van der Waals surface area contributed by atoms with Gasteiger partial charge in [-0.25, -0.2) is 0 Å². The van der Waals surface area contributed by atoms with E-state index in [4.69, 9.17) is 0 Å². The molecule has 7 aromatic rings. The summed E-state index contributed by atoms with van der Waals surface area (Å²) in [4.78, 5) is 0. The van der Waals surface area contributed by atoms with Crippen LogP contribution in [-0.2, 0) is 6.42 Å². The van der Waals surface area contributed by atoms with E-state index >= 15 is 0 Å². The first kappa shape index (κ1) is 23.2. The van der Waals surface area contributed by atoms with Gasteiger partial charge in [-0.15, -0.1) is 0 Å². The van der Waals surface area contributed by atoms with E-state index < -0.39 is 0 Å². The van der Waals surface area contributed by atoms with Crippen LogP contribution in [0.25, 0.3) is 54.9 Å². The average Bonchev–Trinajstić information content (AvgIpc) is 3.01. The van der Waals surface area contributed by atoms with Gasteiger partial charge >= 0.3 is 0 Å². The molecule has 0 amide bonds. The topological polar surface area (TPSA) is 0 Å². The molecule has 0 saturated carbocycles. The van der Waals surface area contributed by atoms with E-state index in [-0.39, 0.29) is 0 Å². The number of rotatable bonds is 5. The Labute approximate surface area is 229 Å². The average molecular weight is 497 g/mol. The summed E-state index contributed by atoms with van der Waals surface area (Å²) in [6.07, 6.45) is 0.916. The number of benzene rings is 7. The monoisotopic (exact) mass is 496 g/mol. The molecule has 0 N–H and O–H groups in total. The van der Waals surface area contributed by atoms with Gasteiger partial charge in [0, 0.05) is 0 Å². The summed E-state index contributed by atoms with van der Waals surface area (Å²) >= 11 is 0. The zero-order valence-electron chi connectivity index (χ0n) is 21.7. The third-order valence-electron chi connectivity index (χ3n) is 7.70. The molecule has 0 bridgehead atoms. The highest BCUT2D eigenvalue weighted by atomic mass is 14.1. The normalized spacial score (nSPS) is 11.2. The van der Waals surface area contributed by atoms with Crippen molar-refractivity contribution in [2.45, 2.75) is 6.42 Å². The third-order valence-corrected chi connectivity index (χ3v) is 7.70. The maximum atomic E-state index is 2.33. The summed E-state index contributed by atoms with van der Waals surface area (Å²) in [6, 6.07) is 57.3. The summed E-state index contributed by atoms with van der Waals surface area (Å²) in [5.41, 5.74) is 10.2. The highest BCUT2D eigenvalue weighted by molar-refractivity contribution is 5.97. The zero-order valence-corrected chi connectivity index (χ0v) is 21.7. The SMILES string of the molecule is c1ccc(-c2cc3ccccc3cc2-c2ccc(Cc3ccc(-c4cccc5ccccc45)cc3)cc2)cc1. The van der Waals surface area contributed by atoms with Crippen LogP contribution < -0.4 is 0 Å². The second kappa shape index (κ2) is 10.1. The molecule has 7 aromatic carbocycles. The minimum Gasteiger partial charge on any atom is -0.0622 e. The fourth-order valence-electron chi connectivity index (χ4n) is 5.65. The van der Waals surface area contributed by atoms with Crippen molar-refractivity contribution < 1.29 is 0 Å². The van der Waals surface area contributed by atoms with Crippen LogP contribution in [0.4, 0.5) is 0 Å². The Kier molecular flexibility index (Phi) is 6.00. The van der Waals surface area contributed by atoms with Crippen molar-refractivity contribution in [3.63, 3.8) is 0 Å². The Bertz CT molecular complexity index is 1890. The molecular weight excluding hydrogens is 468 g/mol. The van der Waals surface area contributed by atoms with Gasteiger partial charge in [0.05, 0.1) is 0 Å². The van der Waals surface area contributed by atoms with E-state index in [1.165, 1.54) is 66.1 Å². The molecule has 0 fully saturated rings. The summed E-state index contributed by atoms with van der Waals surface area (Å²) in [5.74, 6) is 0. The molecular formula is C39H28. The molecule has 0 aliphatic carbocycles. The summed E-state index contributed by atoms with van der Waals surface area (Å²) in [6.45, 7) is 0. The fourth-order valence-corrected chi connectivity index (χ4v) is 5.65. The molecule has 0 unspecified atom stereocenters. The molecule has 0 aromatic heterocycles. The third kappa shape index (κ3) is 4.62. The second-order valence-corrected chi connectivity index (χ2v) is 10.2. The standard InChI is InChI=1S/C39H28/c1-2-9-31(10-3-1)38-26-34-12-4-5-13-35(34)27-39(38)33-23-19-29(20-24-33)25-28-17-21-32(22-18-28)37-16-8-14-30-11-6-7-15-36(30)37/h1-24,26-27H,25H2. The second-order valence-electron chi connectivity index (χ2n) is 10.2. The van der Waals surface area contributed by atoms with Gasteiger partial charge in [0.2, 0.25) is 0 Å². The lowest BCUT2D eigenvalue weighted by molar-refractivity contribution is 1.19. The molecule has 0 aliphatic rings. The van der Waals surface area contributed by atoms with Crippen LogP contribution in [-0.4, -0.2) is 0 Å². The first-order valence-electron chi connectivity index (χ1n) is 13.6. The van der Waals surface area contributed by atoms with E-state index in [1.807, 2.05) is 0 Å². The Morgan fingerprint density at radius 2 is 0.769 bits per heavy atom. The molecule has 0 heteroatoms. The first-order chi connectivity index (χ1) is 19.3. The highest BCUT2D eigenvalue weighted by Gasteiger charge is 2.10. The Hall–Kier alpha value is -4.94. The summed E-state index contributed by atoms with van der Waals surface area (Å²) in [7, 11) is 0. The van der Waals surface area contributed by atoms with Gasteiger partial charge in [-0.1, -0.05) is 146 Å². The minimum absolute atomic E-state index is 0.916. The van der Waals surface area contributed by atoms with Crippen molar-refractivity contribution >= 4 is 21.5 Å². The lowest BCUT2D eigenvalue weighted by atomic mass is 9.90.